The number of hydrogen-bond donors (Lipinski definition) is 2. The van der Waals surface area contributed by atoms with Crippen molar-refractivity contribution in [1.82, 2.24) is 24.4 Å². The van der Waals surface area contributed by atoms with Gasteiger partial charge in [0.25, 0.3) is 0 Å². The second-order valence-corrected chi connectivity index (χ2v) is 9.88. The van der Waals surface area contributed by atoms with Gasteiger partial charge >= 0.3 is 0 Å². The van der Waals surface area contributed by atoms with E-state index in [1.165, 1.54) is 5.56 Å². The normalized spacial score (nSPS) is 15.9. The lowest BCUT2D eigenvalue weighted by molar-refractivity contribution is 0.143. The predicted molar refractivity (Wildman–Crippen MR) is 129 cm³/mol. The van der Waals surface area contributed by atoms with Crippen LogP contribution in [-0.2, 0) is 0 Å². The molecule has 1 fully saturated rings. The number of thiophene rings is 1. The zero-order chi connectivity index (χ0) is 22.5. The lowest BCUT2D eigenvalue weighted by Gasteiger charge is -2.28. The number of fused-ring (bicyclic) bond motifs is 2. The molecule has 0 radical (unpaired) electrons. The first-order valence-electron chi connectivity index (χ1n) is 10.7. The summed E-state index contributed by atoms with van der Waals surface area (Å²) in [4.78, 5) is 16.0. The van der Waals surface area contributed by atoms with E-state index >= 15 is 0 Å². The maximum atomic E-state index is 10.0. The summed E-state index contributed by atoms with van der Waals surface area (Å²) in [5.41, 5.74) is 8.70. The number of anilines is 1. The van der Waals surface area contributed by atoms with Gasteiger partial charge in [-0.15, -0.1) is 11.3 Å². The molecule has 0 amide bonds. The predicted octanol–water partition coefficient (Wildman–Crippen LogP) is 3.54. The molecule has 0 saturated carbocycles. The van der Waals surface area contributed by atoms with Crippen molar-refractivity contribution in [1.29, 1.82) is 0 Å². The zero-order valence-electron chi connectivity index (χ0n) is 18.5. The van der Waals surface area contributed by atoms with Crippen molar-refractivity contribution in [2.45, 2.75) is 38.2 Å². The number of nitrogens with zero attached hydrogens (tertiary/aromatic N) is 5. The summed E-state index contributed by atoms with van der Waals surface area (Å²) < 4.78 is 3.10. The second-order valence-electron chi connectivity index (χ2n) is 8.97. The Balaban J connectivity index is 1.72. The molecule has 5 heterocycles. The molecule has 164 valence electrons. The Labute approximate surface area is 190 Å². The average molecular weight is 447 g/mol. The van der Waals surface area contributed by atoms with E-state index in [1.807, 2.05) is 23.7 Å². The van der Waals surface area contributed by atoms with E-state index in [2.05, 4.69) is 49.5 Å². The number of nitrogen functional groups attached to an aromatic ring is 1. The molecular weight excluding hydrogens is 420 g/mol. The summed E-state index contributed by atoms with van der Waals surface area (Å²) in [6.07, 6.45) is 6.31. The van der Waals surface area contributed by atoms with Gasteiger partial charge in [-0.05, 0) is 81.7 Å². The van der Waals surface area contributed by atoms with E-state index in [9.17, 15) is 5.11 Å². The summed E-state index contributed by atoms with van der Waals surface area (Å²) in [5.74, 6) is 7.36. The van der Waals surface area contributed by atoms with Crippen molar-refractivity contribution >= 4 is 38.4 Å². The van der Waals surface area contributed by atoms with Crippen LogP contribution in [0, 0.1) is 11.8 Å². The van der Waals surface area contributed by atoms with E-state index in [1.54, 1.807) is 25.2 Å². The maximum Gasteiger partial charge on any atom is 0.222 e. The highest BCUT2D eigenvalue weighted by atomic mass is 32.1. The van der Waals surface area contributed by atoms with Gasteiger partial charge in [-0.25, -0.2) is 9.97 Å². The molecule has 0 spiro atoms. The van der Waals surface area contributed by atoms with Gasteiger partial charge in [-0.1, -0.05) is 5.92 Å². The Morgan fingerprint density at radius 3 is 2.78 bits per heavy atom. The van der Waals surface area contributed by atoms with Crippen LogP contribution in [0.15, 0.2) is 29.9 Å². The Kier molecular flexibility index (Phi) is 5.13. The number of pyridine rings is 1. The first-order valence-corrected chi connectivity index (χ1v) is 11.6. The first-order chi connectivity index (χ1) is 15.3. The van der Waals surface area contributed by atoms with Gasteiger partial charge in [-0.3, -0.25) is 4.57 Å². The van der Waals surface area contributed by atoms with Crippen molar-refractivity contribution in [3.8, 4) is 17.7 Å². The standard InChI is InChI=1S/C24H26N6OS/c1-24(2,31)8-4-16-12-20-17(13-26-16)18(15-5-9-29(3)10-6-15)14-30(20)22-21-19(7-11-32-21)27-23(25)28-22/h7,11-15,31H,5-6,9-10H2,1-3H3,(H2,25,27,28). The van der Waals surface area contributed by atoms with Crippen molar-refractivity contribution < 1.29 is 5.11 Å². The fourth-order valence-electron chi connectivity index (χ4n) is 4.28. The van der Waals surface area contributed by atoms with E-state index in [0.717, 1.165) is 52.9 Å². The third-order valence-corrected chi connectivity index (χ3v) is 6.81. The summed E-state index contributed by atoms with van der Waals surface area (Å²) in [7, 11) is 2.17. The van der Waals surface area contributed by atoms with Crippen molar-refractivity contribution in [3.05, 3.63) is 41.2 Å². The highest BCUT2D eigenvalue weighted by Crippen LogP contribution is 2.37. The van der Waals surface area contributed by atoms with Gasteiger partial charge in [0.05, 0.1) is 15.7 Å². The quantitative estimate of drug-likeness (QED) is 0.458. The Bertz CT molecular complexity index is 1360. The fraction of sp³-hybridized carbons (Fsp3) is 0.375. The first kappa shape index (κ1) is 20.9. The summed E-state index contributed by atoms with van der Waals surface area (Å²) in [6, 6.07) is 3.94. The monoisotopic (exact) mass is 446 g/mol. The number of rotatable bonds is 2. The van der Waals surface area contributed by atoms with Crippen LogP contribution in [0.1, 0.15) is 43.9 Å². The average Bonchev–Trinajstić information content (AvgIpc) is 3.36. The number of nitrogens with two attached hydrogens (primary N) is 1. The van der Waals surface area contributed by atoms with Gasteiger partial charge < -0.3 is 15.7 Å². The molecule has 1 aliphatic heterocycles. The number of piperidine rings is 1. The van der Waals surface area contributed by atoms with Gasteiger partial charge in [0.2, 0.25) is 5.95 Å². The minimum atomic E-state index is -1.08. The largest absolute Gasteiger partial charge is 0.378 e. The molecule has 32 heavy (non-hydrogen) atoms. The molecule has 0 unspecified atom stereocenters. The zero-order valence-corrected chi connectivity index (χ0v) is 19.3. The molecule has 8 heteroatoms. The van der Waals surface area contributed by atoms with Crippen LogP contribution < -0.4 is 5.73 Å². The van der Waals surface area contributed by atoms with E-state index < -0.39 is 5.60 Å². The minimum Gasteiger partial charge on any atom is -0.378 e. The van der Waals surface area contributed by atoms with Crippen LogP contribution in [0.25, 0.3) is 26.9 Å². The smallest absolute Gasteiger partial charge is 0.222 e. The SMILES string of the molecule is CN1CCC(c2cn(-c3nc(N)nc4ccsc34)c3cc(C#CC(C)(C)O)ncc23)CC1. The lowest BCUT2D eigenvalue weighted by Crippen LogP contribution is -2.29. The lowest BCUT2D eigenvalue weighted by atomic mass is 9.90. The third-order valence-electron chi connectivity index (χ3n) is 5.91. The molecular formula is C24H26N6OS. The molecule has 1 saturated heterocycles. The number of likely N-dealkylation sites (tertiary alicyclic amines) is 1. The molecule has 5 rings (SSSR count). The van der Waals surface area contributed by atoms with Gasteiger partial charge in [-0.2, -0.15) is 4.98 Å². The van der Waals surface area contributed by atoms with Crippen LogP contribution >= 0.6 is 11.3 Å². The van der Waals surface area contributed by atoms with E-state index in [4.69, 9.17) is 5.73 Å². The Morgan fingerprint density at radius 2 is 2.03 bits per heavy atom. The van der Waals surface area contributed by atoms with Crippen molar-refractivity contribution in [3.63, 3.8) is 0 Å². The summed E-state index contributed by atoms with van der Waals surface area (Å²) in [6.45, 7) is 5.48. The summed E-state index contributed by atoms with van der Waals surface area (Å²) in [5, 5.41) is 13.1. The number of aromatic nitrogens is 4. The third kappa shape index (κ3) is 3.95. The number of hydrogen-bond acceptors (Lipinski definition) is 7. The highest BCUT2D eigenvalue weighted by molar-refractivity contribution is 7.17. The molecule has 0 aromatic carbocycles. The molecule has 1 aliphatic rings. The van der Waals surface area contributed by atoms with Gasteiger partial charge in [0.1, 0.15) is 11.3 Å². The van der Waals surface area contributed by atoms with Crippen molar-refractivity contribution in [2.75, 3.05) is 25.9 Å². The van der Waals surface area contributed by atoms with Crippen LogP contribution in [0.5, 0.6) is 0 Å². The molecule has 0 aliphatic carbocycles. The fourth-order valence-corrected chi connectivity index (χ4v) is 5.10. The maximum absolute atomic E-state index is 10.0. The van der Waals surface area contributed by atoms with E-state index in [-0.39, 0.29) is 5.95 Å². The number of aliphatic hydroxyl groups is 1. The highest BCUT2D eigenvalue weighted by Gasteiger charge is 2.24. The molecule has 4 aromatic rings. The second kappa shape index (κ2) is 7.85. The van der Waals surface area contributed by atoms with Crippen LogP contribution in [0.2, 0.25) is 0 Å². The van der Waals surface area contributed by atoms with Crippen LogP contribution in [-0.4, -0.2) is 55.3 Å². The molecule has 7 nitrogen and oxygen atoms in total. The molecule has 4 aromatic heterocycles. The minimum absolute atomic E-state index is 0.254. The summed E-state index contributed by atoms with van der Waals surface area (Å²) >= 11 is 1.60. The van der Waals surface area contributed by atoms with E-state index in [0.29, 0.717) is 11.6 Å². The van der Waals surface area contributed by atoms with Crippen molar-refractivity contribution in [2.24, 2.45) is 0 Å². The molecule has 0 atom stereocenters. The Hall–Kier alpha value is -2.99. The Morgan fingerprint density at radius 1 is 1.25 bits per heavy atom. The molecule has 3 N–H and O–H groups in total. The molecule has 0 bridgehead atoms. The van der Waals surface area contributed by atoms with Crippen LogP contribution in [0.4, 0.5) is 5.95 Å². The van der Waals surface area contributed by atoms with Gasteiger partial charge in [0.15, 0.2) is 5.82 Å². The topological polar surface area (TPSA) is 93.1 Å². The van der Waals surface area contributed by atoms with Crippen LogP contribution in [0.3, 0.4) is 0 Å². The van der Waals surface area contributed by atoms with Gasteiger partial charge in [0, 0.05) is 17.8 Å².